The third kappa shape index (κ3) is 5.04. The van der Waals surface area contributed by atoms with E-state index in [1.54, 1.807) is 34.6 Å². The summed E-state index contributed by atoms with van der Waals surface area (Å²) in [7, 11) is -8.08. The first kappa shape index (κ1) is 24.8. The zero-order valence-electron chi connectivity index (χ0n) is 16.9. The molecule has 0 saturated carbocycles. The first-order valence-electron chi connectivity index (χ1n) is 9.04. The lowest BCUT2D eigenvalue weighted by molar-refractivity contribution is 0.434. The zero-order chi connectivity index (χ0) is 21.7. The molecule has 0 amide bonds. The van der Waals surface area contributed by atoms with Gasteiger partial charge < -0.3 is 5.73 Å². The highest BCUT2D eigenvalue weighted by Crippen LogP contribution is 2.33. The average molecular weight is 453 g/mol. The van der Waals surface area contributed by atoms with Gasteiger partial charge in [-0.1, -0.05) is 27.7 Å². The molecular weight excluding hydrogens is 424 g/mol. The van der Waals surface area contributed by atoms with Crippen LogP contribution in [0, 0.1) is 6.92 Å². The van der Waals surface area contributed by atoms with Gasteiger partial charge in [0, 0.05) is 26.2 Å². The monoisotopic (exact) mass is 452 g/mol. The number of aliphatic imine (C=N–C) groups is 1. The Morgan fingerprint density at radius 1 is 0.929 bits per heavy atom. The number of nitrogens with zero attached hydrogens (tertiary/aromatic N) is 3. The standard InChI is InChI=1S/C17H29ClN4O4S2/c1-6-21(7-2)27(23,24)15-10-13(5)14(20-17(19)12-18)11-16(15)28(25,26)22(8-3)9-4/h10-11H,6-9,12H2,1-5H3,(H2,19,20). The van der Waals surface area contributed by atoms with Gasteiger partial charge in [-0.2, -0.15) is 8.61 Å². The molecule has 1 rings (SSSR count). The number of alkyl halides is 1. The minimum absolute atomic E-state index is 0.0307. The Balaban J connectivity index is 3.94. The summed E-state index contributed by atoms with van der Waals surface area (Å²) in [6.45, 7) is 9.30. The van der Waals surface area contributed by atoms with Gasteiger partial charge in [0.1, 0.15) is 15.6 Å². The highest BCUT2D eigenvalue weighted by atomic mass is 35.5. The molecule has 160 valence electrons. The summed E-state index contributed by atoms with van der Waals surface area (Å²) >= 11 is 5.68. The second-order valence-corrected chi connectivity index (χ2v) is 10.1. The van der Waals surface area contributed by atoms with Crippen molar-refractivity contribution in [2.75, 3.05) is 32.1 Å². The third-order valence-corrected chi connectivity index (χ3v) is 8.89. The highest BCUT2D eigenvalue weighted by Gasteiger charge is 2.33. The Morgan fingerprint density at radius 2 is 1.32 bits per heavy atom. The molecule has 0 heterocycles. The maximum atomic E-state index is 13.2. The molecule has 11 heteroatoms. The molecule has 0 radical (unpaired) electrons. The molecule has 0 fully saturated rings. The van der Waals surface area contributed by atoms with Crippen LogP contribution >= 0.6 is 11.6 Å². The van der Waals surface area contributed by atoms with Gasteiger partial charge in [-0.05, 0) is 24.6 Å². The van der Waals surface area contributed by atoms with Gasteiger partial charge >= 0.3 is 0 Å². The predicted molar refractivity (Wildman–Crippen MR) is 113 cm³/mol. The Morgan fingerprint density at radius 3 is 1.68 bits per heavy atom. The van der Waals surface area contributed by atoms with E-state index < -0.39 is 20.0 Å². The van der Waals surface area contributed by atoms with Crippen molar-refractivity contribution in [1.29, 1.82) is 0 Å². The lowest BCUT2D eigenvalue weighted by Gasteiger charge is -2.24. The SMILES string of the molecule is CCN(CC)S(=O)(=O)c1cc(C)c(N=C(N)CCl)cc1S(=O)(=O)N(CC)CC. The molecule has 28 heavy (non-hydrogen) atoms. The summed E-state index contributed by atoms with van der Waals surface area (Å²) in [6, 6.07) is 2.60. The second-order valence-electron chi connectivity index (χ2n) is 6.00. The third-order valence-electron chi connectivity index (χ3n) is 4.31. The number of nitrogens with two attached hydrogens (primary N) is 1. The van der Waals surface area contributed by atoms with E-state index in [0.29, 0.717) is 5.56 Å². The summed E-state index contributed by atoms with van der Waals surface area (Å²) in [4.78, 5) is 3.57. The number of aryl methyl sites for hydroxylation is 1. The van der Waals surface area contributed by atoms with Gasteiger partial charge in [-0.15, -0.1) is 11.6 Å². The molecule has 0 aliphatic heterocycles. The Kier molecular flexibility index (Phi) is 8.89. The number of benzene rings is 1. The molecule has 0 aliphatic carbocycles. The van der Waals surface area contributed by atoms with Crippen LogP contribution in [0.5, 0.6) is 0 Å². The molecule has 8 nitrogen and oxygen atoms in total. The van der Waals surface area contributed by atoms with Crippen LogP contribution in [0.4, 0.5) is 5.69 Å². The smallest absolute Gasteiger partial charge is 0.244 e. The molecule has 0 spiro atoms. The van der Waals surface area contributed by atoms with Crippen molar-refractivity contribution in [1.82, 2.24) is 8.61 Å². The normalized spacial score (nSPS) is 13.5. The van der Waals surface area contributed by atoms with E-state index in [1.165, 1.54) is 20.7 Å². The molecule has 1 aromatic rings. The van der Waals surface area contributed by atoms with E-state index in [0.717, 1.165) is 0 Å². The number of rotatable bonds is 10. The van der Waals surface area contributed by atoms with Crippen LogP contribution in [-0.4, -0.2) is 63.3 Å². The van der Waals surface area contributed by atoms with Crippen LogP contribution in [0.15, 0.2) is 26.9 Å². The van der Waals surface area contributed by atoms with E-state index in [-0.39, 0.29) is 53.4 Å². The van der Waals surface area contributed by atoms with Crippen LogP contribution in [0.2, 0.25) is 0 Å². The quantitative estimate of drug-likeness (QED) is 0.332. The molecule has 0 atom stereocenters. The van der Waals surface area contributed by atoms with E-state index in [1.807, 2.05) is 0 Å². The largest absolute Gasteiger partial charge is 0.386 e. The van der Waals surface area contributed by atoms with Gasteiger partial charge in [0.15, 0.2) is 0 Å². The van der Waals surface area contributed by atoms with Crippen LogP contribution in [-0.2, 0) is 20.0 Å². The fraction of sp³-hybridized carbons (Fsp3) is 0.588. The highest BCUT2D eigenvalue weighted by molar-refractivity contribution is 7.92. The lowest BCUT2D eigenvalue weighted by Crippen LogP contribution is -2.35. The number of hydrogen-bond donors (Lipinski definition) is 1. The van der Waals surface area contributed by atoms with Crippen LogP contribution in [0.25, 0.3) is 0 Å². The summed E-state index contributed by atoms with van der Waals surface area (Å²) in [5.41, 5.74) is 6.44. The summed E-state index contributed by atoms with van der Waals surface area (Å²) in [6.07, 6.45) is 0. The van der Waals surface area contributed by atoms with Crippen LogP contribution < -0.4 is 5.73 Å². The van der Waals surface area contributed by atoms with Crippen LogP contribution in [0.1, 0.15) is 33.3 Å². The lowest BCUT2D eigenvalue weighted by atomic mass is 10.2. The minimum atomic E-state index is -4.06. The zero-order valence-corrected chi connectivity index (χ0v) is 19.3. The summed E-state index contributed by atoms with van der Waals surface area (Å²) in [5, 5.41) is 0. The Bertz CT molecular complexity index is 923. The molecule has 0 unspecified atom stereocenters. The molecule has 0 aromatic heterocycles. The van der Waals surface area contributed by atoms with Gasteiger partial charge in [-0.25, -0.2) is 21.8 Å². The van der Waals surface area contributed by atoms with Gasteiger partial charge in [0.25, 0.3) is 0 Å². The molecular formula is C17H29ClN4O4S2. The van der Waals surface area contributed by atoms with E-state index >= 15 is 0 Å². The predicted octanol–water partition coefficient (Wildman–Crippen LogP) is 2.28. The van der Waals surface area contributed by atoms with Crippen molar-refractivity contribution in [3.63, 3.8) is 0 Å². The van der Waals surface area contributed by atoms with Gasteiger partial charge in [0.2, 0.25) is 20.0 Å². The number of halogens is 1. The maximum absolute atomic E-state index is 13.2. The van der Waals surface area contributed by atoms with Crippen molar-refractivity contribution >= 4 is 43.2 Å². The van der Waals surface area contributed by atoms with Crippen molar-refractivity contribution in [2.45, 2.75) is 44.4 Å². The van der Waals surface area contributed by atoms with Crippen molar-refractivity contribution in [2.24, 2.45) is 10.7 Å². The van der Waals surface area contributed by atoms with Gasteiger partial charge in [-0.3, -0.25) is 0 Å². The second kappa shape index (κ2) is 10.0. The minimum Gasteiger partial charge on any atom is -0.386 e. The fourth-order valence-corrected chi connectivity index (χ4v) is 6.58. The summed E-state index contributed by atoms with van der Waals surface area (Å²) in [5.74, 6) is 0.0761. The fourth-order valence-electron chi connectivity index (χ4n) is 2.76. The Labute approximate surface area is 173 Å². The van der Waals surface area contributed by atoms with E-state index in [2.05, 4.69) is 4.99 Å². The van der Waals surface area contributed by atoms with Gasteiger partial charge in [0.05, 0.1) is 11.6 Å². The van der Waals surface area contributed by atoms with E-state index in [9.17, 15) is 16.8 Å². The number of amidine groups is 1. The topological polar surface area (TPSA) is 113 Å². The molecule has 0 aliphatic rings. The number of hydrogen-bond acceptors (Lipinski definition) is 5. The molecule has 0 saturated heterocycles. The number of sulfonamides is 2. The van der Waals surface area contributed by atoms with E-state index in [4.69, 9.17) is 17.3 Å². The average Bonchev–Trinajstić information content (AvgIpc) is 2.64. The molecule has 0 bridgehead atoms. The molecule has 2 N–H and O–H groups in total. The first-order valence-corrected chi connectivity index (χ1v) is 12.5. The van der Waals surface area contributed by atoms with Crippen molar-refractivity contribution in [3.05, 3.63) is 17.7 Å². The molecule has 1 aromatic carbocycles. The van der Waals surface area contributed by atoms with Crippen molar-refractivity contribution in [3.8, 4) is 0 Å². The summed E-state index contributed by atoms with van der Waals surface area (Å²) < 4.78 is 55.2. The maximum Gasteiger partial charge on any atom is 0.244 e. The van der Waals surface area contributed by atoms with Crippen molar-refractivity contribution < 1.29 is 16.8 Å². The Hall–Kier alpha value is -1.20. The van der Waals surface area contributed by atoms with Crippen LogP contribution in [0.3, 0.4) is 0 Å². The first-order chi connectivity index (χ1) is 13.0.